The van der Waals surface area contributed by atoms with Crippen molar-refractivity contribution in [2.24, 2.45) is 0 Å². The number of rotatable bonds is 4. The fourth-order valence-electron chi connectivity index (χ4n) is 7.53. The number of aryl methyl sites for hydroxylation is 1. The molecule has 1 aromatic heterocycles. The first-order valence-corrected chi connectivity index (χ1v) is 15.2. The Labute approximate surface area is 255 Å². The van der Waals surface area contributed by atoms with Crippen LogP contribution in [0.5, 0.6) is 0 Å². The lowest BCUT2D eigenvalue weighted by atomic mass is 9.60. The van der Waals surface area contributed by atoms with Gasteiger partial charge in [-0.3, -0.25) is 0 Å². The number of hydrogen-bond donors (Lipinski definition) is 0. The molecule has 0 fully saturated rings. The Bertz CT molecular complexity index is 2160. The lowest BCUT2D eigenvalue weighted by Gasteiger charge is -2.43. The average Bonchev–Trinajstić information content (AvgIpc) is 3.06. The highest BCUT2D eigenvalue weighted by atomic mass is 19.2. The van der Waals surface area contributed by atoms with Crippen molar-refractivity contribution in [2.75, 3.05) is 0 Å². The molecule has 2 aliphatic rings. The molecule has 0 aliphatic heterocycles. The molecule has 1 heterocycles. The number of fused-ring (bicyclic) bond motifs is 5. The van der Waals surface area contributed by atoms with Gasteiger partial charge in [0.15, 0.2) is 11.6 Å². The molecule has 0 bridgehead atoms. The molecule has 0 radical (unpaired) electrons. The van der Waals surface area contributed by atoms with Crippen LogP contribution in [-0.4, -0.2) is 10.2 Å². The normalized spacial score (nSPS) is 17.6. The van der Waals surface area contributed by atoms with Crippen molar-refractivity contribution in [1.82, 2.24) is 10.2 Å². The summed E-state index contributed by atoms with van der Waals surface area (Å²) in [5.41, 5.74) is 10.7. The predicted octanol–water partition coefficient (Wildman–Crippen LogP) is 9.88. The highest BCUT2D eigenvalue weighted by Gasteiger charge is 2.44. The second kappa shape index (κ2) is 10.3. The molecule has 214 valence electrons. The van der Waals surface area contributed by atoms with Gasteiger partial charge in [-0.1, -0.05) is 84.9 Å². The van der Waals surface area contributed by atoms with E-state index in [0.29, 0.717) is 5.56 Å². The quantitative estimate of drug-likeness (QED) is 0.209. The number of aromatic nitrogens is 2. The van der Waals surface area contributed by atoms with Crippen LogP contribution in [0.4, 0.5) is 8.78 Å². The lowest BCUT2D eigenvalue weighted by molar-refractivity contribution is 0.456. The summed E-state index contributed by atoms with van der Waals surface area (Å²) in [5, 5.41) is 13.1. The van der Waals surface area contributed by atoms with E-state index in [9.17, 15) is 8.78 Å². The second-order valence-corrected chi connectivity index (χ2v) is 12.2. The topological polar surface area (TPSA) is 25.8 Å². The van der Waals surface area contributed by atoms with E-state index < -0.39 is 11.6 Å². The molecule has 0 spiro atoms. The summed E-state index contributed by atoms with van der Waals surface area (Å²) in [6, 6.07) is 33.9. The molecule has 2 nitrogen and oxygen atoms in total. The summed E-state index contributed by atoms with van der Waals surface area (Å²) in [7, 11) is 0. The zero-order valence-corrected chi connectivity index (χ0v) is 24.4. The fourth-order valence-corrected chi connectivity index (χ4v) is 7.53. The van der Waals surface area contributed by atoms with E-state index in [0.717, 1.165) is 58.8 Å². The van der Waals surface area contributed by atoms with E-state index in [2.05, 4.69) is 91.9 Å². The minimum atomic E-state index is -0.837. The van der Waals surface area contributed by atoms with Gasteiger partial charge in [0.25, 0.3) is 0 Å². The summed E-state index contributed by atoms with van der Waals surface area (Å²) >= 11 is 0. The van der Waals surface area contributed by atoms with Gasteiger partial charge in [0.1, 0.15) is 0 Å². The van der Waals surface area contributed by atoms with Crippen LogP contribution in [-0.2, 0) is 18.3 Å². The van der Waals surface area contributed by atoms with Crippen LogP contribution in [0.25, 0.3) is 38.4 Å². The molecule has 0 saturated carbocycles. The largest absolute Gasteiger partial charge is 0.204 e. The molecule has 0 saturated heterocycles. The fraction of sp³-hybridized carbons (Fsp3) is 0.150. The summed E-state index contributed by atoms with van der Waals surface area (Å²) in [6.07, 6.45) is 8.17. The third kappa shape index (κ3) is 4.28. The van der Waals surface area contributed by atoms with Gasteiger partial charge in [-0.15, -0.1) is 0 Å². The van der Waals surface area contributed by atoms with Gasteiger partial charge in [0.05, 0.1) is 11.2 Å². The maximum Gasteiger partial charge on any atom is 0.159 e. The Morgan fingerprint density at radius 1 is 0.750 bits per heavy atom. The van der Waals surface area contributed by atoms with E-state index >= 15 is 0 Å². The molecule has 5 aromatic carbocycles. The van der Waals surface area contributed by atoms with Crippen molar-refractivity contribution < 1.29 is 8.78 Å². The number of allylic oxidation sites excluding steroid dienone is 4. The van der Waals surface area contributed by atoms with Gasteiger partial charge in [-0.2, -0.15) is 10.2 Å². The maximum absolute atomic E-state index is 14.2. The van der Waals surface area contributed by atoms with Crippen molar-refractivity contribution >= 4 is 27.2 Å². The number of benzene rings is 5. The SMILES string of the molecule is Cc1cc(-c2ccc(F)c(F)c2)cc2ccc3c(c12)CC(Cc1ccccc1)(c1cc2ccccc2nn1)C1=C3C=CCC1. The molecule has 1 unspecified atom stereocenters. The van der Waals surface area contributed by atoms with E-state index in [4.69, 9.17) is 10.2 Å². The predicted molar refractivity (Wildman–Crippen MR) is 174 cm³/mol. The van der Waals surface area contributed by atoms with Crippen LogP contribution in [0.2, 0.25) is 0 Å². The van der Waals surface area contributed by atoms with Crippen molar-refractivity contribution in [3.05, 3.63) is 160 Å². The monoisotopic (exact) mass is 576 g/mol. The second-order valence-electron chi connectivity index (χ2n) is 12.2. The highest BCUT2D eigenvalue weighted by molar-refractivity contribution is 5.99. The zero-order valence-electron chi connectivity index (χ0n) is 24.4. The third-order valence-corrected chi connectivity index (χ3v) is 9.53. The molecular weight excluding hydrogens is 546 g/mol. The van der Waals surface area contributed by atoms with Gasteiger partial charge >= 0.3 is 0 Å². The third-order valence-electron chi connectivity index (χ3n) is 9.53. The first-order valence-electron chi connectivity index (χ1n) is 15.2. The number of nitrogens with zero attached hydrogens (tertiary/aromatic N) is 2. The smallest absolute Gasteiger partial charge is 0.159 e. The van der Waals surface area contributed by atoms with Crippen LogP contribution in [0.1, 0.15) is 40.8 Å². The van der Waals surface area contributed by atoms with Crippen molar-refractivity contribution in [3.8, 4) is 11.1 Å². The number of hydrogen-bond acceptors (Lipinski definition) is 2. The van der Waals surface area contributed by atoms with Gasteiger partial charge in [-0.05, 0) is 118 Å². The molecule has 1 atom stereocenters. The van der Waals surface area contributed by atoms with Crippen molar-refractivity contribution in [3.63, 3.8) is 0 Å². The Morgan fingerprint density at radius 3 is 2.45 bits per heavy atom. The minimum Gasteiger partial charge on any atom is -0.204 e. The first-order chi connectivity index (χ1) is 21.5. The highest BCUT2D eigenvalue weighted by Crippen LogP contribution is 2.52. The molecular formula is C40H30F2N2. The average molecular weight is 577 g/mol. The molecule has 4 heteroatoms. The number of halogens is 2. The van der Waals surface area contributed by atoms with E-state index in [1.165, 1.54) is 45.4 Å². The van der Waals surface area contributed by atoms with Gasteiger partial charge in [0.2, 0.25) is 0 Å². The molecule has 2 aliphatic carbocycles. The standard InChI is InChI=1S/C40H30F2N2/c1-25-19-30(27-16-18-35(41)36(42)21-27)20-29-15-17-31-32-12-6-7-13-34(32)40(24-33(31)39(25)29,23-26-9-3-2-4-10-26)38-22-28-11-5-8-14-37(28)43-44-38/h2-6,8-12,14-22H,7,13,23-24H2,1H3. The lowest BCUT2D eigenvalue weighted by Crippen LogP contribution is -2.39. The van der Waals surface area contributed by atoms with Crippen LogP contribution in [0, 0.1) is 18.6 Å². The van der Waals surface area contributed by atoms with Crippen LogP contribution in [0.15, 0.2) is 121 Å². The Morgan fingerprint density at radius 2 is 1.59 bits per heavy atom. The van der Waals surface area contributed by atoms with E-state index in [1.807, 2.05) is 12.1 Å². The maximum atomic E-state index is 14.2. The Hall–Kier alpha value is -4.96. The Balaban J connectivity index is 1.38. The van der Waals surface area contributed by atoms with Gasteiger partial charge < -0.3 is 0 Å². The first kappa shape index (κ1) is 26.7. The molecule has 0 amide bonds. The molecule has 8 rings (SSSR count). The van der Waals surface area contributed by atoms with Crippen LogP contribution in [0.3, 0.4) is 0 Å². The summed E-state index contributed by atoms with van der Waals surface area (Å²) < 4.78 is 27.9. The zero-order chi connectivity index (χ0) is 29.8. The van der Waals surface area contributed by atoms with Crippen LogP contribution >= 0.6 is 0 Å². The molecule has 6 aromatic rings. The van der Waals surface area contributed by atoms with Gasteiger partial charge in [-0.25, -0.2) is 8.78 Å². The van der Waals surface area contributed by atoms with Crippen molar-refractivity contribution in [2.45, 2.75) is 38.0 Å². The summed E-state index contributed by atoms with van der Waals surface area (Å²) in [4.78, 5) is 0. The van der Waals surface area contributed by atoms with Gasteiger partial charge in [0, 0.05) is 10.8 Å². The molecule has 44 heavy (non-hydrogen) atoms. The molecule has 0 N–H and O–H groups in total. The van der Waals surface area contributed by atoms with Crippen molar-refractivity contribution in [1.29, 1.82) is 0 Å². The van der Waals surface area contributed by atoms with Crippen LogP contribution < -0.4 is 0 Å². The van der Waals surface area contributed by atoms with E-state index in [-0.39, 0.29) is 5.41 Å². The summed E-state index contributed by atoms with van der Waals surface area (Å²) in [5.74, 6) is -1.67. The van der Waals surface area contributed by atoms with E-state index in [1.54, 1.807) is 6.07 Å². The minimum absolute atomic E-state index is 0.384. The summed E-state index contributed by atoms with van der Waals surface area (Å²) in [6.45, 7) is 2.13. The Kier molecular flexibility index (Phi) is 6.26.